The number of hydrogen-bond donors (Lipinski definition) is 1. The van der Waals surface area contributed by atoms with Crippen molar-refractivity contribution in [1.82, 2.24) is 0 Å². The Balaban J connectivity index is 1.59. The van der Waals surface area contributed by atoms with Crippen LogP contribution in [0.15, 0.2) is 65.8 Å². The van der Waals surface area contributed by atoms with E-state index in [-0.39, 0.29) is 11.4 Å². The highest BCUT2D eigenvalue weighted by Crippen LogP contribution is 2.43. The summed E-state index contributed by atoms with van der Waals surface area (Å²) in [5.74, 6) is -1.61. The standard InChI is InChI=1S/C37H47F3O6/c1-24(2)21-31(45-34(43)36(44-7,37(38,39)40)29-16-9-8-10-17-29)32(42)26(4)15-11-13-25(3)14-12-19-35(6)20-18-28-23-30(41)22-27(5)33(28)46-35/h8-10,14,16-17,21-23,26,31,41H,11-13,15,18-20H2,1-7H3/b25-14+/t26?,31-,35-,36+/m1/s1. The van der Waals surface area contributed by atoms with Crippen LogP contribution in [-0.2, 0) is 31.1 Å². The van der Waals surface area contributed by atoms with E-state index in [0.29, 0.717) is 18.4 Å². The van der Waals surface area contributed by atoms with Gasteiger partial charge in [0.15, 0.2) is 11.9 Å². The Morgan fingerprint density at radius 3 is 2.41 bits per heavy atom. The zero-order valence-electron chi connectivity index (χ0n) is 27.9. The number of alkyl halides is 3. The Morgan fingerprint density at radius 2 is 1.80 bits per heavy atom. The summed E-state index contributed by atoms with van der Waals surface area (Å²) < 4.78 is 59.7. The lowest BCUT2D eigenvalue weighted by Gasteiger charge is -2.36. The quantitative estimate of drug-likeness (QED) is 0.163. The van der Waals surface area contributed by atoms with Gasteiger partial charge in [0.2, 0.25) is 0 Å². The van der Waals surface area contributed by atoms with E-state index < -0.39 is 41.1 Å². The van der Waals surface area contributed by atoms with Gasteiger partial charge in [-0.15, -0.1) is 0 Å². The molecule has 252 valence electrons. The van der Waals surface area contributed by atoms with E-state index in [0.717, 1.165) is 68.2 Å². The van der Waals surface area contributed by atoms with Gasteiger partial charge in [-0.05, 0) is 109 Å². The molecule has 0 fully saturated rings. The number of esters is 1. The van der Waals surface area contributed by atoms with Crippen LogP contribution in [0, 0.1) is 12.8 Å². The number of carbonyl (C=O) groups is 2. The number of aryl methyl sites for hydroxylation is 2. The minimum absolute atomic E-state index is 0.254. The van der Waals surface area contributed by atoms with Crippen molar-refractivity contribution >= 4 is 11.8 Å². The predicted molar refractivity (Wildman–Crippen MR) is 172 cm³/mol. The number of rotatable bonds is 14. The van der Waals surface area contributed by atoms with Gasteiger partial charge < -0.3 is 19.3 Å². The monoisotopic (exact) mass is 644 g/mol. The maximum Gasteiger partial charge on any atom is 0.432 e. The zero-order chi connectivity index (χ0) is 34.3. The minimum atomic E-state index is -5.14. The van der Waals surface area contributed by atoms with Crippen LogP contribution in [0.1, 0.15) is 89.8 Å². The molecular weight excluding hydrogens is 597 g/mol. The third-order valence-corrected chi connectivity index (χ3v) is 8.64. The Labute approximate surface area is 270 Å². The molecule has 0 radical (unpaired) electrons. The summed E-state index contributed by atoms with van der Waals surface area (Å²) in [7, 11) is 0.798. The number of phenolic OH excluding ortho intramolecular Hbond substituents is 1. The number of carbonyl (C=O) groups excluding carboxylic acids is 2. The molecule has 4 atom stereocenters. The Hall–Kier alpha value is -3.59. The number of halogens is 3. The highest BCUT2D eigenvalue weighted by molar-refractivity contribution is 5.91. The molecule has 0 amide bonds. The van der Waals surface area contributed by atoms with Crippen LogP contribution >= 0.6 is 0 Å². The maximum absolute atomic E-state index is 14.4. The van der Waals surface area contributed by atoms with Gasteiger partial charge in [-0.2, -0.15) is 13.2 Å². The molecule has 2 aromatic carbocycles. The second-order valence-electron chi connectivity index (χ2n) is 12.9. The van der Waals surface area contributed by atoms with Crippen molar-refractivity contribution in [2.45, 2.75) is 110 Å². The van der Waals surface area contributed by atoms with Crippen LogP contribution in [-0.4, -0.2) is 41.9 Å². The smallest absolute Gasteiger partial charge is 0.432 e. The summed E-state index contributed by atoms with van der Waals surface area (Å²) >= 11 is 0. The van der Waals surface area contributed by atoms with Crippen molar-refractivity contribution < 1.29 is 42.1 Å². The van der Waals surface area contributed by atoms with Crippen molar-refractivity contribution in [3.05, 3.63) is 82.5 Å². The number of aromatic hydroxyl groups is 1. The van der Waals surface area contributed by atoms with Crippen molar-refractivity contribution in [3.63, 3.8) is 0 Å². The number of Topliss-reactive ketones (excluding diaryl/α,β-unsaturated/α-hetero) is 1. The molecule has 1 aliphatic heterocycles. The molecule has 1 heterocycles. The molecule has 0 aliphatic carbocycles. The molecule has 0 saturated carbocycles. The predicted octanol–water partition coefficient (Wildman–Crippen LogP) is 8.87. The molecule has 9 heteroatoms. The summed E-state index contributed by atoms with van der Waals surface area (Å²) in [6.07, 6.45) is 2.19. The third-order valence-electron chi connectivity index (χ3n) is 8.64. The molecule has 0 saturated heterocycles. The fraction of sp³-hybridized carbons (Fsp3) is 0.514. The lowest BCUT2D eigenvalue weighted by molar-refractivity contribution is -0.277. The van der Waals surface area contributed by atoms with E-state index in [9.17, 15) is 27.9 Å². The van der Waals surface area contributed by atoms with Gasteiger partial charge in [-0.1, -0.05) is 54.5 Å². The van der Waals surface area contributed by atoms with Crippen molar-refractivity contribution in [1.29, 1.82) is 0 Å². The largest absolute Gasteiger partial charge is 0.508 e. The second-order valence-corrected chi connectivity index (χ2v) is 12.9. The molecule has 1 N–H and O–H groups in total. The number of hydrogen-bond acceptors (Lipinski definition) is 6. The SMILES string of the molecule is CO[C@](C(=O)O[C@H](C=C(C)C)C(=O)C(C)CCC/C(C)=C/CC[C@]1(C)CCc2cc(O)cc(C)c2O1)(c1ccccc1)C(F)(F)F. The molecule has 3 rings (SSSR count). The number of benzene rings is 2. The molecule has 6 nitrogen and oxygen atoms in total. The van der Waals surface area contributed by atoms with Gasteiger partial charge >= 0.3 is 12.1 Å². The van der Waals surface area contributed by atoms with E-state index in [1.807, 2.05) is 13.8 Å². The zero-order valence-corrected chi connectivity index (χ0v) is 27.9. The topological polar surface area (TPSA) is 82.1 Å². The highest BCUT2D eigenvalue weighted by Gasteiger charge is 2.64. The number of ketones is 1. The van der Waals surface area contributed by atoms with Crippen molar-refractivity contribution in [2.75, 3.05) is 7.11 Å². The lowest BCUT2D eigenvalue weighted by atomic mass is 9.87. The van der Waals surface area contributed by atoms with Crippen LogP contribution < -0.4 is 4.74 Å². The number of methoxy groups -OCH3 is 1. The molecule has 2 aromatic rings. The maximum atomic E-state index is 14.4. The van der Waals surface area contributed by atoms with E-state index >= 15 is 0 Å². The summed E-state index contributed by atoms with van der Waals surface area (Å²) in [4.78, 5) is 26.6. The fourth-order valence-corrected chi connectivity index (χ4v) is 5.93. The Morgan fingerprint density at radius 1 is 1.13 bits per heavy atom. The molecular formula is C37H47F3O6. The summed E-state index contributed by atoms with van der Waals surface area (Å²) in [5, 5.41) is 9.89. The number of phenols is 1. The molecule has 0 bridgehead atoms. The van der Waals surface area contributed by atoms with Crippen LogP contribution in [0.25, 0.3) is 0 Å². The first-order valence-electron chi connectivity index (χ1n) is 15.8. The molecule has 1 unspecified atom stereocenters. The van der Waals surface area contributed by atoms with E-state index in [2.05, 4.69) is 13.0 Å². The van der Waals surface area contributed by atoms with Gasteiger partial charge in [0.1, 0.15) is 17.1 Å². The van der Waals surface area contributed by atoms with Gasteiger partial charge in [0, 0.05) is 18.6 Å². The molecule has 46 heavy (non-hydrogen) atoms. The lowest BCUT2D eigenvalue weighted by Crippen LogP contribution is -2.53. The fourth-order valence-electron chi connectivity index (χ4n) is 5.93. The second kappa shape index (κ2) is 15.3. The average Bonchev–Trinajstić information content (AvgIpc) is 2.97. The minimum Gasteiger partial charge on any atom is -0.508 e. The van der Waals surface area contributed by atoms with Crippen LogP contribution in [0.2, 0.25) is 0 Å². The number of fused-ring (bicyclic) bond motifs is 1. The number of ether oxygens (including phenoxy) is 3. The van der Waals surface area contributed by atoms with E-state index in [4.69, 9.17) is 14.2 Å². The van der Waals surface area contributed by atoms with Gasteiger partial charge in [-0.3, -0.25) is 4.79 Å². The Kier molecular flexibility index (Phi) is 12.3. The number of allylic oxidation sites excluding steroid dienone is 3. The first-order valence-corrected chi connectivity index (χ1v) is 15.8. The van der Waals surface area contributed by atoms with E-state index in [1.54, 1.807) is 32.9 Å². The molecule has 0 aromatic heterocycles. The van der Waals surface area contributed by atoms with Crippen LogP contribution in [0.4, 0.5) is 13.2 Å². The first kappa shape index (κ1) is 36.9. The van der Waals surface area contributed by atoms with Crippen LogP contribution in [0.5, 0.6) is 11.5 Å². The normalized spacial score (nSPS) is 19.2. The van der Waals surface area contributed by atoms with Crippen molar-refractivity contribution in [3.8, 4) is 11.5 Å². The third kappa shape index (κ3) is 8.81. The Bertz CT molecular complexity index is 1430. The average molecular weight is 645 g/mol. The summed E-state index contributed by atoms with van der Waals surface area (Å²) in [6, 6.07) is 10.0. The highest BCUT2D eigenvalue weighted by atomic mass is 19.4. The molecule has 0 spiro atoms. The molecule has 1 aliphatic rings. The summed E-state index contributed by atoms with van der Waals surface area (Å²) in [6.45, 7) is 11.2. The van der Waals surface area contributed by atoms with E-state index in [1.165, 1.54) is 29.8 Å². The first-order chi connectivity index (χ1) is 21.5. The van der Waals surface area contributed by atoms with Crippen molar-refractivity contribution in [2.24, 2.45) is 5.92 Å². The van der Waals surface area contributed by atoms with Gasteiger partial charge in [0.05, 0.1) is 0 Å². The van der Waals surface area contributed by atoms with Gasteiger partial charge in [-0.25, -0.2) is 4.79 Å². The van der Waals surface area contributed by atoms with Gasteiger partial charge in [0.25, 0.3) is 5.60 Å². The summed E-state index contributed by atoms with van der Waals surface area (Å²) in [5.41, 5.74) is -0.369. The van der Waals surface area contributed by atoms with Crippen LogP contribution in [0.3, 0.4) is 0 Å².